The summed E-state index contributed by atoms with van der Waals surface area (Å²) >= 11 is 0. The number of hydrogen-bond donors (Lipinski definition) is 2. The molecule has 0 aliphatic carbocycles. The van der Waals surface area contributed by atoms with Crippen LogP contribution in [0.4, 0.5) is 11.4 Å². The minimum atomic E-state index is -0.258. The highest BCUT2D eigenvalue weighted by Crippen LogP contribution is 2.29. The van der Waals surface area contributed by atoms with Crippen LogP contribution in [0.15, 0.2) is 42.5 Å². The Morgan fingerprint density at radius 3 is 2.85 bits per heavy atom. The van der Waals surface area contributed by atoms with Gasteiger partial charge in [0.1, 0.15) is 18.1 Å². The van der Waals surface area contributed by atoms with Gasteiger partial charge in [-0.25, -0.2) is 0 Å². The highest BCUT2D eigenvalue weighted by Gasteiger charge is 2.18. The second kappa shape index (κ2) is 7.67. The molecule has 0 aromatic heterocycles. The van der Waals surface area contributed by atoms with E-state index in [2.05, 4.69) is 10.6 Å². The first kappa shape index (κ1) is 17.4. The summed E-state index contributed by atoms with van der Waals surface area (Å²) in [6.07, 6.45) is 2.28. The first-order chi connectivity index (χ1) is 13.2. The molecule has 2 aromatic carbocycles. The molecule has 0 saturated carbocycles. The number of anilines is 2. The number of benzene rings is 2. The summed E-state index contributed by atoms with van der Waals surface area (Å²) in [5, 5.41) is 5.53. The van der Waals surface area contributed by atoms with Crippen molar-refractivity contribution in [3.63, 3.8) is 0 Å². The fourth-order valence-electron chi connectivity index (χ4n) is 3.02. The smallest absolute Gasteiger partial charge is 0.262 e. The third kappa shape index (κ3) is 4.20. The molecule has 1 saturated heterocycles. The quantitative estimate of drug-likeness (QED) is 0.848. The zero-order valence-corrected chi connectivity index (χ0v) is 14.7. The molecule has 1 unspecified atom stereocenters. The van der Waals surface area contributed by atoms with Gasteiger partial charge in [0, 0.05) is 17.9 Å². The number of carbonyl (C=O) groups excluding carboxylic acids is 2. The summed E-state index contributed by atoms with van der Waals surface area (Å²) in [7, 11) is 0. The Morgan fingerprint density at radius 1 is 1.22 bits per heavy atom. The highest BCUT2D eigenvalue weighted by atomic mass is 16.5. The Hall–Kier alpha value is -3.06. The maximum atomic E-state index is 12.4. The first-order valence-corrected chi connectivity index (χ1v) is 8.90. The lowest BCUT2D eigenvalue weighted by Gasteiger charge is -2.18. The number of rotatable bonds is 5. The van der Waals surface area contributed by atoms with Crippen LogP contribution in [0.3, 0.4) is 0 Å². The van der Waals surface area contributed by atoms with Crippen molar-refractivity contribution < 1.29 is 23.8 Å². The molecular weight excluding hydrogens is 348 g/mol. The van der Waals surface area contributed by atoms with Crippen LogP contribution in [0.2, 0.25) is 0 Å². The Labute approximate surface area is 156 Å². The van der Waals surface area contributed by atoms with Gasteiger partial charge in [0.25, 0.3) is 11.8 Å². The molecule has 4 rings (SSSR count). The highest BCUT2D eigenvalue weighted by molar-refractivity contribution is 6.05. The minimum Gasteiger partial charge on any atom is -0.491 e. The van der Waals surface area contributed by atoms with E-state index in [1.807, 2.05) is 12.1 Å². The van der Waals surface area contributed by atoms with Crippen molar-refractivity contribution in [2.24, 2.45) is 0 Å². The lowest BCUT2D eigenvalue weighted by molar-refractivity contribution is -0.118. The Morgan fingerprint density at radius 2 is 2.07 bits per heavy atom. The lowest BCUT2D eigenvalue weighted by Crippen LogP contribution is -2.25. The molecular formula is C20H20N2O5. The van der Waals surface area contributed by atoms with Crippen LogP contribution in [0.25, 0.3) is 0 Å². The molecule has 2 aliphatic heterocycles. The fourth-order valence-corrected chi connectivity index (χ4v) is 3.02. The van der Waals surface area contributed by atoms with Crippen molar-refractivity contribution in [1.29, 1.82) is 0 Å². The molecule has 2 aliphatic rings. The average Bonchev–Trinajstić information content (AvgIpc) is 3.20. The van der Waals surface area contributed by atoms with Crippen LogP contribution in [-0.2, 0) is 9.53 Å². The van der Waals surface area contributed by atoms with Gasteiger partial charge in [-0.15, -0.1) is 0 Å². The van der Waals surface area contributed by atoms with Crippen molar-refractivity contribution in [2.45, 2.75) is 18.9 Å². The predicted molar refractivity (Wildman–Crippen MR) is 99.4 cm³/mol. The second-order valence-electron chi connectivity index (χ2n) is 6.47. The maximum Gasteiger partial charge on any atom is 0.262 e. The van der Waals surface area contributed by atoms with E-state index in [0.29, 0.717) is 29.3 Å². The minimum absolute atomic E-state index is 0.0502. The summed E-state index contributed by atoms with van der Waals surface area (Å²) in [4.78, 5) is 23.7. The van der Waals surface area contributed by atoms with Crippen LogP contribution < -0.4 is 20.1 Å². The predicted octanol–water partition coefficient (Wildman–Crippen LogP) is 2.83. The summed E-state index contributed by atoms with van der Waals surface area (Å²) in [5.41, 5.74) is 1.68. The van der Waals surface area contributed by atoms with Gasteiger partial charge in [0.05, 0.1) is 11.8 Å². The van der Waals surface area contributed by atoms with Crippen molar-refractivity contribution in [2.75, 3.05) is 30.5 Å². The van der Waals surface area contributed by atoms with E-state index >= 15 is 0 Å². The largest absolute Gasteiger partial charge is 0.491 e. The van der Waals surface area contributed by atoms with Gasteiger partial charge < -0.3 is 24.8 Å². The SMILES string of the molecule is O=C1COc2cc(C(=O)Nc3ccc(OCC4CCCO4)cc3)ccc2N1. The molecule has 0 radical (unpaired) electrons. The van der Waals surface area contributed by atoms with E-state index in [0.717, 1.165) is 25.2 Å². The van der Waals surface area contributed by atoms with Crippen molar-refractivity contribution in [3.8, 4) is 11.5 Å². The number of ether oxygens (including phenoxy) is 3. The Bertz CT molecular complexity index is 844. The fraction of sp³-hybridized carbons (Fsp3) is 0.300. The van der Waals surface area contributed by atoms with Gasteiger partial charge in [-0.3, -0.25) is 9.59 Å². The topological polar surface area (TPSA) is 85.9 Å². The van der Waals surface area contributed by atoms with Crippen LogP contribution >= 0.6 is 0 Å². The molecule has 2 heterocycles. The summed E-state index contributed by atoms with van der Waals surface area (Å²) in [5.74, 6) is 0.759. The first-order valence-electron chi connectivity index (χ1n) is 8.90. The van der Waals surface area contributed by atoms with Crippen molar-refractivity contribution in [1.82, 2.24) is 0 Å². The summed E-state index contributed by atoms with van der Waals surface area (Å²) in [6.45, 7) is 1.29. The lowest BCUT2D eigenvalue weighted by atomic mass is 10.1. The summed E-state index contributed by atoms with van der Waals surface area (Å²) < 4.78 is 16.6. The third-order valence-corrected chi connectivity index (χ3v) is 4.45. The van der Waals surface area contributed by atoms with Crippen molar-refractivity contribution >= 4 is 23.2 Å². The molecule has 7 heteroatoms. The molecule has 2 aromatic rings. The number of fused-ring (bicyclic) bond motifs is 1. The maximum absolute atomic E-state index is 12.4. The molecule has 7 nitrogen and oxygen atoms in total. The van der Waals surface area contributed by atoms with Gasteiger partial charge in [0.15, 0.2) is 6.61 Å². The second-order valence-corrected chi connectivity index (χ2v) is 6.47. The van der Waals surface area contributed by atoms with E-state index in [1.54, 1.807) is 30.3 Å². The Kier molecular flexibility index (Phi) is 4.93. The van der Waals surface area contributed by atoms with Gasteiger partial charge >= 0.3 is 0 Å². The average molecular weight is 368 g/mol. The number of nitrogens with one attached hydrogen (secondary N) is 2. The molecule has 1 fully saturated rings. The zero-order valence-electron chi connectivity index (χ0n) is 14.7. The van der Waals surface area contributed by atoms with Crippen LogP contribution in [0.1, 0.15) is 23.2 Å². The van der Waals surface area contributed by atoms with Crippen LogP contribution in [0, 0.1) is 0 Å². The Balaban J connectivity index is 1.35. The van der Waals surface area contributed by atoms with Gasteiger partial charge in [0.2, 0.25) is 0 Å². The molecule has 2 amide bonds. The number of amides is 2. The van der Waals surface area contributed by atoms with Gasteiger partial charge in [-0.05, 0) is 55.3 Å². The molecule has 1 atom stereocenters. The summed E-state index contributed by atoms with van der Waals surface area (Å²) in [6, 6.07) is 12.1. The molecule has 2 N–H and O–H groups in total. The normalized spacial score (nSPS) is 18.2. The monoisotopic (exact) mass is 368 g/mol. The zero-order chi connectivity index (χ0) is 18.6. The van der Waals surface area contributed by atoms with Crippen LogP contribution in [0.5, 0.6) is 11.5 Å². The van der Waals surface area contributed by atoms with Gasteiger partial charge in [-0.2, -0.15) is 0 Å². The van der Waals surface area contributed by atoms with E-state index in [1.165, 1.54) is 0 Å². The van der Waals surface area contributed by atoms with Crippen molar-refractivity contribution in [3.05, 3.63) is 48.0 Å². The van der Waals surface area contributed by atoms with Crippen LogP contribution in [-0.4, -0.2) is 37.7 Å². The number of hydrogen-bond acceptors (Lipinski definition) is 5. The van der Waals surface area contributed by atoms with E-state index in [9.17, 15) is 9.59 Å². The standard InChI is InChI=1S/C20H20N2O5/c23-19-12-27-18-10-13(3-8-17(18)22-19)20(24)21-14-4-6-15(7-5-14)26-11-16-2-1-9-25-16/h3-8,10,16H,1-2,9,11-12H2,(H,21,24)(H,22,23). The van der Waals surface area contributed by atoms with E-state index in [4.69, 9.17) is 14.2 Å². The molecule has 0 bridgehead atoms. The number of carbonyl (C=O) groups is 2. The molecule has 140 valence electrons. The van der Waals surface area contributed by atoms with Gasteiger partial charge in [-0.1, -0.05) is 0 Å². The van der Waals surface area contributed by atoms with E-state index < -0.39 is 0 Å². The van der Waals surface area contributed by atoms with E-state index in [-0.39, 0.29) is 24.5 Å². The third-order valence-electron chi connectivity index (χ3n) is 4.45. The molecule has 0 spiro atoms. The molecule has 27 heavy (non-hydrogen) atoms.